The van der Waals surface area contributed by atoms with E-state index in [9.17, 15) is 9.90 Å². The molecule has 0 aromatic heterocycles. The molecule has 1 aliphatic heterocycles. The normalized spacial score (nSPS) is 26.6. The third-order valence-corrected chi connectivity index (χ3v) is 3.24. The molecule has 3 unspecified atom stereocenters. The summed E-state index contributed by atoms with van der Waals surface area (Å²) >= 11 is 0. The van der Waals surface area contributed by atoms with Gasteiger partial charge in [-0.25, -0.2) is 5.43 Å². The minimum atomic E-state index is -0.801. The first kappa shape index (κ1) is 13.8. The second-order valence-corrected chi connectivity index (χ2v) is 5.16. The molecular formula is C14H20N2O3. The number of carboxylic acid groups (broad SMARTS) is 1. The Balaban J connectivity index is 2.23. The minimum Gasteiger partial charge on any atom is -0.491 e. The fourth-order valence-corrected chi connectivity index (χ4v) is 2.39. The summed E-state index contributed by atoms with van der Waals surface area (Å²) in [4.78, 5) is 11.3. The first-order valence-electron chi connectivity index (χ1n) is 6.49. The number of carboxylic acids is 1. The fourth-order valence-electron chi connectivity index (χ4n) is 2.39. The van der Waals surface area contributed by atoms with Gasteiger partial charge in [0, 0.05) is 6.04 Å². The largest absolute Gasteiger partial charge is 0.491 e. The van der Waals surface area contributed by atoms with Gasteiger partial charge in [0.15, 0.2) is 0 Å². The molecule has 0 spiro atoms. The zero-order valence-electron chi connectivity index (χ0n) is 11.4. The monoisotopic (exact) mass is 264 g/mol. The van der Waals surface area contributed by atoms with Crippen molar-refractivity contribution in [2.75, 3.05) is 0 Å². The van der Waals surface area contributed by atoms with Crippen molar-refractivity contribution >= 4 is 5.97 Å². The first-order chi connectivity index (χ1) is 8.99. The van der Waals surface area contributed by atoms with Gasteiger partial charge in [-0.3, -0.25) is 10.2 Å². The van der Waals surface area contributed by atoms with Crippen LogP contribution in [0.5, 0.6) is 5.75 Å². The Bertz CT molecular complexity index is 462. The van der Waals surface area contributed by atoms with E-state index in [4.69, 9.17) is 4.74 Å². The lowest BCUT2D eigenvalue weighted by Crippen LogP contribution is -2.30. The van der Waals surface area contributed by atoms with E-state index in [2.05, 4.69) is 10.9 Å². The van der Waals surface area contributed by atoms with Crippen molar-refractivity contribution < 1.29 is 14.6 Å². The number of carbonyl (C=O) groups is 1. The lowest BCUT2D eigenvalue weighted by molar-refractivity contribution is -0.142. The second kappa shape index (κ2) is 5.59. The van der Waals surface area contributed by atoms with Gasteiger partial charge in [-0.05, 0) is 38.5 Å². The SMILES string of the molecule is CC(C)Oc1cccc(C2NNC(C)C2C(=O)O)c1. The van der Waals surface area contributed by atoms with Crippen LogP contribution in [0.2, 0.25) is 0 Å². The van der Waals surface area contributed by atoms with Crippen LogP contribution >= 0.6 is 0 Å². The van der Waals surface area contributed by atoms with Crippen molar-refractivity contribution in [3.8, 4) is 5.75 Å². The molecular weight excluding hydrogens is 244 g/mol. The Kier molecular flexibility index (Phi) is 4.07. The molecule has 1 aromatic carbocycles. The molecule has 1 fully saturated rings. The second-order valence-electron chi connectivity index (χ2n) is 5.16. The highest BCUT2D eigenvalue weighted by Gasteiger charge is 2.39. The molecule has 0 amide bonds. The number of hydrazine groups is 1. The number of hydrogen-bond donors (Lipinski definition) is 3. The highest BCUT2D eigenvalue weighted by atomic mass is 16.5. The Labute approximate surface area is 112 Å². The lowest BCUT2D eigenvalue weighted by atomic mass is 9.90. The van der Waals surface area contributed by atoms with E-state index >= 15 is 0 Å². The van der Waals surface area contributed by atoms with E-state index in [-0.39, 0.29) is 18.2 Å². The van der Waals surface area contributed by atoms with E-state index in [1.54, 1.807) is 0 Å². The molecule has 1 aliphatic rings. The van der Waals surface area contributed by atoms with Crippen LogP contribution in [0, 0.1) is 5.92 Å². The lowest BCUT2D eigenvalue weighted by Gasteiger charge is -2.18. The average molecular weight is 264 g/mol. The third-order valence-electron chi connectivity index (χ3n) is 3.24. The molecule has 1 aromatic rings. The molecule has 0 radical (unpaired) electrons. The predicted octanol–water partition coefficient (Wildman–Crippen LogP) is 1.71. The van der Waals surface area contributed by atoms with E-state index in [1.807, 2.05) is 45.0 Å². The molecule has 2 rings (SSSR count). The molecule has 0 bridgehead atoms. The van der Waals surface area contributed by atoms with Crippen molar-refractivity contribution in [3.05, 3.63) is 29.8 Å². The van der Waals surface area contributed by atoms with Gasteiger partial charge in [0.1, 0.15) is 5.75 Å². The molecule has 19 heavy (non-hydrogen) atoms. The topological polar surface area (TPSA) is 70.6 Å². The van der Waals surface area contributed by atoms with Gasteiger partial charge in [0.2, 0.25) is 0 Å². The summed E-state index contributed by atoms with van der Waals surface area (Å²) < 4.78 is 5.64. The summed E-state index contributed by atoms with van der Waals surface area (Å²) in [5, 5.41) is 9.32. The smallest absolute Gasteiger partial charge is 0.310 e. The molecule has 0 saturated carbocycles. The standard InChI is InChI=1S/C14H20N2O3/c1-8(2)19-11-6-4-5-10(7-11)13-12(14(17)18)9(3)15-16-13/h4-9,12-13,15-16H,1-3H3,(H,17,18). The Morgan fingerprint density at radius 1 is 1.37 bits per heavy atom. The fraction of sp³-hybridized carbons (Fsp3) is 0.500. The molecule has 3 atom stereocenters. The van der Waals surface area contributed by atoms with Crippen LogP contribution in [-0.2, 0) is 4.79 Å². The van der Waals surface area contributed by atoms with Crippen LogP contribution in [0.25, 0.3) is 0 Å². The highest BCUT2D eigenvalue weighted by molar-refractivity contribution is 5.72. The van der Waals surface area contributed by atoms with Crippen LogP contribution in [-0.4, -0.2) is 23.2 Å². The van der Waals surface area contributed by atoms with Crippen molar-refractivity contribution in [1.29, 1.82) is 0 Å². The summed E-state index contributed by atoms with van der Waals surface area (Å²) in [5.74, 6) is -0.530. The van der Waals surface area contributed by atoms with Crippen molar-refractivity contribution in [2.45, 2.75) is 39.0 Å². The molecule has 5 nitrogen and oxygen atoms in total. The first-order valence-corrected chi connectivity index (χ1v) is 6.49. The summed E-state index contributed by atoms with van der Waals surface area (Å²) in [6.45, 7) is 5.79. The number of aliphatic carboxylic acids is 1. The van der Waals surface area contributed by atoms with Gasteiger partial charge in [0.05, 0.1) is 18.1 Å². The van der Waals surface area contributed by atoms with Crippen molar-refractivity contribution in [1.82, 2.24) is 10.9 Å². The Morgan fingerprint density at radius 3 is 2.74 bits per heavy atom. The summed E-state index contributed by atoms with van der Waals surface area (Å²) in [6.07, 6.45) is 0.0964. The molecule has 0 aliphatic carbocycles. The Hall–Kier alpha value is -1.59. The Morgan fingerprint density at radius 2 is 2.11 bits per heavy atom. The maximum Gasteiger partial charge on any atom is 0.310 e. The highest BCUT2D eigenvalue weighted by Crippen LogP contribution is 2.30. The van der Waals surface area contributed by atoms with Crippen molar-refractivity contribution in [3.63, 3.8) is 0 Å². The third kappa shape index (κ3) is 3.05. The van der Waals surface area contributed by atoms with E-state index in [0.717, 1.165) is 11.3 Å². The van der Waals surface area contributed by atoms with Crippen LogP contribution in [0.3, 0.4) is 0 Å². The minimum absolute atomic E-state index is 0.0964. The summed E-state index contributed by atoms with van der Waals surface area (Å²) in [7, 11) is 0. The van der Waals surface area contributed by atoms with Gasteiger partial charge < -0.3 is 9.84 Å². The van der Waals surface area contributed by atoms with Gasteiger partial charge >= 0.3 is 5.97 Å². The van der Waals surface area contributed by atoms with Crippen LogP contribution in [0.15, 0.2) is 24.3 Å². The molecule has 3 N–H and O–H groups in total. The summed E-state index contributed by atoms with van der Waals surface area (Å²) in [5.41, 5.74) is 6.96. The zero-order valence-corrected chi connectivity index (χ0v) is 11.4. The van der Waals surface area contributed by atoms with E-state index in [0.29, 0.717) is 0 Å². The molecule has 104 valence electrons. The van der Waals surface area contributed by atoms with Crippen LogP contribution < -0.4 is 15.6 Å². The maximum absolute atomic E-state index is 11.3. The molecule has 5 heteroatoms. The van der Waals surface area contributed by atoms with Gasteiger partial charge in [-0.2, -0.15) is 0 Å². The van der Waals surface area contributed by atoms with E-state index in [1.165, 1.54) is 0 Å². The number of nitrogens with one attached hydrogen (secondary N) is 2. The summed E-state index contributed by atoms with van der Waals surface area (Å²) in [6, 6.07) is 7.22. The zero-order chi connectivity index (χ0) is 14.0. The molecule has 1 heterocycles. The van der Waals surface area contributed by atoms with Gasteiger partial charge in [0.25, 0.3) is 0 Å². The van der Waals surface area contributed by atoms with Crippen LogP contribution in [0.1, 0.15) is 32.4 Å². The number of hydrogen-bond acceptors (Lipinski definition) is 4. The predicted molar refractivity (Wildman–Crippen MR) is 71.8 cm³/mol. The number of ether oxygens (including phenoxy) is 1. The van der Waals surface area contributed by atoms with E-state index < -0.39 is 11.9 Å². The molecule has 1 saturated heterocycles. The number of rotatable bonds is 4. The van der Waals surface area contributed by atoms with Crippen molar-refractivity contribution in [2.24, 2.45) is 5.92 Å². The maximum atomic E-state index is 11.3. The van der Waals surface area contributed by atoms with Crippen LogP contribution in [0.4, 0.5) is 0 Å². The van der Waals surface area contributed by atoms with Gasteiger partial charge in [-0.15, -0.1) is 0 Å². The van der Waals surface area contributed by atoms with Gasteiger partial charge in [-0.1, -0.05) is 12.1 Å². The number of benzene rings is 1. The average Bonchev–Trinajstić information content (AvgIpc) is 2.70. The quantitative estimate of drug-likeness (QED) is 0.772.